The Bertz CT molecular complexity index is 554. The number of aromatic amines is 1. The molecule has 1 aromatic carbocycles. The molecule has 4 heteroatoms. The van der Waals surface area contributed by atoms with Crippen molar-refractivity contribution in [3.05, 3.63) is 36.7 Å². The van der Waals surface area contributed by atoms with Gasteiger partial charge in [0.15, 0.2) is 5.58 Å². The minimum atomic E-state index is 0.777. The van der Waals surface area contributed by atoms with E-state index in [0.717, 1.165) is 22.2 Å². The topological polar surface area (TPSA) is 54.7 Å². The number of fused-ring (bicyclic) bond motifs is 1. The van der Waals surface area contributed by atoms with Gasteiger partial charge in [-0.2, -0.15) is 5.10 Å². The Morgan fingerprint density at radius 3 is 3.07 bits per heavy atom. The zero-order valence-corrected chi connectivity index (χ0v) is 7.27. The van der Waals surface area contributed by atoms with Gasteiger partial charge in [0.25, 0.3) is 0 Å². The van der Waals surface area contributed by atoms with Crippen LogP contribution in [0, 0.1) is 0 Å². The third kappa shape index (κ3) is 0.939. The van der Waals surface area contributed by atoms with Crippen molar-refractivity contribution in [1.82, 2.24) is 15.4 Å². The molecular formula is C10H7N3O. The summed E-state index contributed by atoms with van der Waals surface area (Å²) in [6, 6.07) is 7.78. The van der Waals surface area contributed by atoms with Crippen molar-refractivity contribution < 1.29 is 4.52 Å². The Balaban J connectivity index is 2.36. The van der Waals surface area contributed by atoms with Crippen LogP contribution >= 0.6 is 0 Å². The van der Waals surface area contributed by atoms with E-state index < -0.39 is 0 Å². The van der Waals surface area contributed by atoms with E-state index in [-0.39, 0.29) is 0 Å². The summed E-state index contributed by atoms with van der Waals surface area (Å²) in [5.74, 6) is 0. The number of rotatable bonds is 1. The smallest absolute Gasteiger partial charge is 0.176 e. The maximum Gasteiger partial charge on any atom is 0.176 e. The van der Waals surface area contributed by atoms with E-state index in [1.807, 2.05) is 24.3 Å². The summed E-state index contributed by atoms with van der Waals surface area (Å²) >= 11 is 0. The molecule has 3 aromatic rings. The molecule has 1 N–H and O–H groups in total. The van der Waals surface area contributed by atoms with Crippen LogP contribution in [0.1, 0.15) is 0 Å². The lowest BCUT2D eigenvalue weighted by molar-refractivity contribution is 0.457. The Hall–Kier alpha value is -2.10. The van der Waals surface area contributed by atoms with Crippen molar-refractivity contribution in [1.29, 1.82) is 0 Å². The minimum Gasteiger partial charge on any atom is -0.356 e. The molecular weight excluding hydrogens is 178 g/mol. The predicted molar refractivity (Wildman–Crippen MR) is 51.6 cm³/mol. The summed E-state index contributed by atoms with van der Waals surface area (Å²) in [7, 11) is 0. The molecule has 0 aliphatic rings. The highest BCUT2D eigenvalue weighted by molar-refractivity contribution is 5.90. The van der Waals surface area contributed by atoms with Crippen molar-refractivity contribution in [3.63, 3.8) is 0 Å². The molecule has 3 rings (SSSR count). The van der Waals surface area contributed by atoms with Gasteiger partial charge in [-0.05, 0) is 18.2 Å². The van der Waals surface area contributed by atoms with Crippen molar-refractivity contribution in [2.45, 2.75) is 0 Å². The average molecular weight is 185 g/mol. The van der Waals surface area contributed by atoms with Crippen LogP contribution in [0.4, 0.5) is 0 Å². The van der Waals surface area contributed by atoms with Crippen LogP contribution in [0.15, 0.2) is 41.2 Å². The van der Waals surface area contributed by atoms with Gasteiger partial charge in [-0.25, -0.2) is 0 Å². The van der Waals surface area contributed by atoms with Gasteiger partial charge in [-0.3, -0.25) is 5.10 Å². The normalized spacial score (nSPS) is 10.9. The van der Waals surface area contributed by atoms with Crippen molar-refractivity contribution in [2.24, 2.45) is 0 Å². The maximum atomic E-state index is 5.17. The molecule has 2 heterocycles. The number of nitrogens with zero attached hydrogens (tertiary/aromatic N) is 2. The molecule has 0 aliphatic carbocycles. The molecule has 0 atom stereocenters. The number of hydrogen-bond donors (Lipinski definition) is 1. The lowest BCUT2D eigenvalue weighted by Crippen LogP contribution is -1.78. The van der Waals surface area contributed by atoms with Gasteiger partial charge in [0.2, 0.25) is 0 Å². The molecule has 0 radical (unpaired) electrons. The first-order valence-electron chi connectivity index (χ1n) is 4.29. The molecule has 4 nitrogen and oxygen atoms in total. The molecule has 0 unspecified atom stereocenters. The van der Waals surface area contributed by atoms with Gasteiger partial charge in [-0.1, -0.05) is 11.2 Å². The number of para-hydroxylation sites is 1. The highest BCUT2D eigenvalue weighted by Crippen LogP contribution is 2.26. The first-order valence-corrected chi connectivity index (χ1v) is 4.29. The van der Waals surface area contributed by atoms with Crippen LogP contribution in [0.5, 0.6) is 0 Å². The fourth-order valence-electron chi connectivity index (χ4n) is 1.51. The maximum absolute atomic E-state index is 5.17. The van der Waals surface area contributed by atoms with Crippen LogP contribution in [0.3, 0.4) is 0 Å². The summed E-state index contributed by atoms with van der Waals surface area (Å²) in [6.45, 7) is 0. The van der Waals surface area contributed by atoms with Crippen LogP contribution in [-0.4, -0.2) is 15.4 Å². The second kappa shape index (κ2) is 2.70. The van der Waals surface area contributed by atoms with Gasteiger partial charge in [-0.15, -0.1) is 0 Å². The van der Waals surface area contributed by atoms with E-state index in [9.17, 15) is 0 Å². The highest BCUT2D eigenvalue weighted by Gasteiger charge is 2.08. The van der Waals surface area contributed by atoms with Gasteiger partial charge < -0.3 is 4.52 Å². The second-order valence-electron chi connectivity index (χ2n) is 3.01. The third-order valence-electron chi connectivity index (χ3n) is 2.16. The van der Waals surface area contributed by atoms with E-state index in [1.165, 1.54) is 0 Å². The zero-order valence-electron chi connectivity index (χ0n) is 7.27. The Kier molecular flexibility index (Phi) is 1.41. The molecule has 0 bridgehead atoms. The quantitative estimate of drug-likeness (QED) is 0.632. The molecule has 0 saturated carbocycles. The molecule has 0 amide bonds. The number of hydrogen-bond acceptors (Lipinski definition) is 3. The standard InChI is InChI=1S/C10H7N3O/c1-2-7-6-12-14-10(7)8(3-1)9-4-5-11-13-9/h1-6H,(H,11,13). The second-order valence-corrected chi connectivity index (χ2v) is 3.01. The Labute approximate surface area is 79.5 Å². The monoisotopic (exact) mass is 185 g/mol. The first kappa shape index (κ1) is 7.32. The van der Waals surface area contributed by atoms with E-state index in [1.54, 1.807) is 12.4 Å². The molecule has 0 saturated heterocycles. The van der Waals surface area contributed by atoms with Crippen molar-refractivity contribution in [3.8, 4) is 11.3 Å². The molecule has 0 fully saturated rings. The lowest BCUT2D eigenvalue weighted by atomic mass is 10.1. The fourth-order valence-corrected chi connectivity index (χ4v) is 1.51. The summed E-state index contributed by atoms with van der Waals surface area (Å²) in [5.41, 5.74) is 2.60. The summed E-state index contributed by atoms with van der Waals surface area (Å²) in [5, 5.41) is 11.6. The van der Waals surface area contributed by atoms with Crippen LogP contribution in [0.2, 0.25) is 0 Å². The molecule has 68 valence electrons. The molecule has 0 spiro atoms. The van der Waals surface area contributed by atoms with E-state index in [2.05, 4.69) is 15.4 Å². The highest BCUT2D eigenvalue weighted by atomic mass is 16.5. The fraction of sp³-hybridized carbons (Fsp3) is 0. The summed E-state index contributed by atoms with van der Waals surface area (Å²) in [6.07, 6.45) is 3.48. The van der Waals surface area contributed by atoms with Gasteiger partial charge in [0.1, 0.15) is 0 Å². The molecule has 0 aliphatic heterocycles. The van der Waals surface area contributed by atoms with Gasteiger partial charge >= 0.3 is 0 Å². The number of benzene rings is 1. The zero-order chi connectivity index (χ0) is 9.38. The van der Waals surface area contributed by atoms with Crippen LogP contribution in [0.25, 0.3) is 22.2 Å². The predicted octanol–water partition coefficient (Wildman–Crippen LogP) is 2.22. The number of nitrogens with one attached hydrogen (secondary N) is 1. The number of H-pyrrole nitrogens is 1. The SMILES string of the molecule is c1cc(-c2cc[nH]n2)c2oncc2c1. The van der Waals surface area contributed by atoms with Gasteiger partial charge in [0.05, 0.1) is 11.9 Å². The Morgan fingerprint density at radius 1 is 1.21 bits per heavy atom. The van der Waals surface area contributed by atoms with Crippen molar-refractivity contribution >= 4 is 11.0 Å². The lowest BCUT2D eigenvalue weighted by Gasteiger charge is -1.95. The van der Waals surface area contributed by atoms with E-state index >= 15 is 0 Å². The average Bonchev–Trinajstić information content (AvgIpc) is 2.88. The molecule has 2 aromatic heterocycles. The number of aromatic nitrogens is 3. The van der Waals surface area contributed by atoms with Gasteiger partial charge in [0, 0.05) is 17.1 Å². The van der Waals surface area contributed by atoms with Crippen LogP contribution < -0.4 is 0 Å². The third-order valence-corrected chi connectivity index (χ3v) is 2.16. The van der Waals surface area contributed by atoms with Crippen molar-refractivity contribution in [2.75, 3.05) is 0 Å². The Morgan fingerprint density at radius 2 is 2.21 bits per heavy atom. The first-order chi connectivity index (χ1) is 6.95. The van der Waals surface area contributed by atoms with E-state index in [4.69, 9.17) is 4.52 Å². The van der Waals surface area contributed by atoms with E-state index in [0.29, 0.717) is 0 Å². The summed E-state index contributed by atoms with van der Waals surface area (Å²) in [4.78, 5) is 0. The molecule has 14 heavy (non-hydrogen) atoms. The largest absolute Gasteiger partial charge is 0.356 e. The van der Waals surface area contributed by atoms with Crippen LogP contribution in [-0.2, 0) is 0 Å². The minimum absolute atomic E-state index is 0.777. The summed E-state index contributed by atoms with van der Waals surface area (Å²) < 4.78 is 5.17.